The molecule has 4 rings (SSSR count). The molecule has 1 fully saturated rings. The summed E-state index contributed by atoms with van der Waals surface area (Å²) in [6.45, 7) is 0.241. The average Bonchev–Trinajstić information content (AvgIpc) is 3.19. The number of hydrogen-bond acceptors (Lipinski definition) is 4. The highest BCUT2D eigenvalue weighted by Crippen LogP contribution is 2.51. The van der Waals surface area contributed by atoms with Crippen molar-refractivity contribution in [3.05, 3.63) is 42.0 Å². The Bertz CT molecular complexity index is 759. The lowest BCUT2D eigenvalue weighted by Gasteiger charge is -2.16. The maximum absolute atomic E-state index is 12.7. The van der Waals surface area contributed by atoms with E-state index < -0.39 is 5.41 Å². The summed E-state index contributed by atoms with van der Waals surface area (Å²) in [5.74, 6) is 2.03. The summed E-state index contributed by atoms with van der Waals surface area (Å²) in [5.41, 5.74) is 1.39. The fraction of sp³-hybridized carbons (Fsp3) is 0.250. The number of aromatic nitrogens is 1. The predicted molar refractivity (Wildman–Crippen MR) is 84.5 cm³/mol. The maximum atomic E-state index is 12.7. The Kier molecular flexibility index (Phi) is 2.85. The summed E-state index contributed by atoms with van der Waals surface area (Å²) in [7, 11) is 1.90. The van der Waals surface area contributed by atoms with E-state index in [0.717, 1.165) is 29.7 Å². The molecule has 1 aromatic carbocycles. The Morgan fingerprint density at radius 3 is 2.77 bits per heavy atom. The number of pyridine rings is 1. The van der Waals surface area contributed by atoms with Gasteiger partial charge in [-0.15, -0.1) is 0 Å². The zero-order valence-electron chi connectivity index (χ0n) is 12.3. The van der Waals surface area contributed by atoms with Crippen LogP contribution >= 0.6 is 0 Å². The molecule has 0 bridgehead atoms. The summed E-state index contributed by atoms with van der Waals surface area (Å²) < 4.78 is 10.7. The fourth-order valence-electron chi connectivity index (χ4n) is 2.81. The molecule has 1 aliphatic carbocycles. The van der Waals surface area contributed by atoms with Gasteiger partial charge in [0.25, 0.3) is 0 Å². The first-order chi connectivity index (χ1) is 10.7. The molecule has 22 heavy (non-hydrogen) atoms. The second-order valence-electron chi connectivity index (χ2n) is 5.77. The van der Waals surface area contributed by atoms with E-state index in [9.17, 15) is 4.79 Å². The average molecular weight is 294 g/mol. The number of amides is 1. The van der Waals surface area contributed by atoms with Gasteiger partial charge in [-0.3, -0.25) is 4.79 Å². The van der Waals surface area contributed by atoms with Crippen molar-refractivity contribution in [3.63, 3.8) is 0 Å². The molecule has 6 heteroatoms. The molecule has 1 aliphatic heterocycles. The minimum Gasteiger partial charge on any atom is -0.454 e. The standard InChI is InChI=1S/C16H15BN2O3/c17-13-2-1-3-14(18-13)19-15(20)16(6-7-16)10-4-5-11-12(8-10)22-9-21-11/h1-5,8H,6-7,9,17H2,(H,18,19,20). The Morgan fingerprint density at radius 2 is 2.00 bits per heavy atom. The van der Waals surface area contributed by atoms with Crippen LogP contribution < -0.4 is 20.4 Å². The van der Waals surface area contributed by atoms with E-state index in [4.69, 9.17) is 9.47 Å². The van der Waals surface area contributed by atoms with Gasteiger partial charge in [0.1, 0.15) is 5.82 Å². The first-order valence-corrected chi connectivity index (χ1v) is 7.33. The van der Waals surface area contributed by atoms with E-state index in [1.165, 1.54) is 0 Å². The highest BCUT2D eigenvalue weighted by atomic mass is 16.7. The number of nitrogens with one attached hydrogen (secondary N) is 1. The smallest absolute Gasteiger partial charge is 0.236 e. The zero-order valence-corrected chi connectivity index (χ0v) is 12.3. The number of anilines is 1. The van der Waals surface area contributed by atoms with Crippen LogP contribution in [0.5, 0.6) is 11.5 Å². The molecule has 2 aromatic rings. The second kappa shape index (κ2) is 4.76. The van der Waals surface area contributed by atoms with Crippen molar-refractivity contribution in [2.75, 3.05) is 12.1 Å². The lowest BCUT2D eigenvalue weighted by Crippen LogP contribution is -2.29. The molecule has 1 N–H and O–H groups in total. The van der Waals surface area contributed by atoms with Crippen LogP contribution in [0.3, 0.4) is 0 Å². The summed E-state index contributed by atoms with van der Waals surface area (Å²) in [4.78, 5) is 17.0. The van der Waals surface area contributed by atoms with Gasteiger partial charge in [0, 0.05) is 0 Å². The summed E-state index contributed by atoms with van der Waals surface area (Å²) >= 11 is 0. The number of carbonyl (C=O) groups excluding carboxylic acids is 1. The number of benzene rings is 1. The molecule has 5 nitrogen and oxygen atoms in total. The Balaban J connectivity index is 1.60. The molecule has 1 saturated carbocycles. The van der Waals surface area contributed by atoms with E-state index in [-0.39, 0.29) is 12.7 Å². The van der Waals surface area contributed by atoms with Crippen LogP contribution in [-0.2, 0) is 10.2 Å². The molecular formula is C16H15BN2O3. The summed E-state index contributed by atoms with van der Waals surface area (Å²) in [5, 5.41) is 2.93. The van der Waals surface area contributed by atoms with Crippen LogP contribution in [0, 0.1) is 0 Å². The van der Waals surface area contributed by atoms with Gasteiger partial charge < -0.3 is 14.8 Å². The first kappa shape index (κ1) is 13.2. The van der Waals surface area contributed by atoms with Crippen LogP contribution in [0.2, 0.25) is 0 Å². The normalized spacial score (nSPS) is 17.1. The van der Waals surface area contributed by atoms with E-state index >= 15 is 0 Å². The van der Waals surface area contributed by atoms with E-state index in [2.05, 4.69) is 10.3 Å². The minimum absolute atomic E-state index is 0.00975. The van der Waals surface area contributed by atoms with Gasteiger partial charge in [-0.05, 0) is 42.2 Å². The predicted octanol–water partition coefficient (Wildman–Crippen LogP) is 0.739. The third-order valence-electron chi connectivity index (χ3n) is 4.24. The minimum atomic E-state index is -0.466. The maximum Gasteiger partial charge on any atom is 0.236 e. The van der Waals surface area contributed by atoms with Crippen molar-refractivity contribution in [1.82, 2.24) is 4.98 Å². The molecule has 0 saturated heterocycles. The lowest BCUT2D eigenvalue weighted by molar-refractivity contribution is -0.118. The molecule has 1 aromatic heterocycles. The molecule has 2 heterocycles. The summed E-state index contributed by atoms with van der Waals surface area (Å²) in [6.07, 6.45) is 1.68. The van der Waals surface area contributed by atoms with Crippen LogP contribution in [0.25, 0.3) is 0 Å². The number of rotatable bonds is 3. The summed E-state index contributed by atoms with van der Waals surface area (Å²) in [6, 6.07) is 11.3. The number of carbonyl (C=O) groups is 1. The number of fused-ring (bicyclic) bond motifs is 1. The molecule has 0 unspecified atom stereocenters. The monoisotopic (exact) mass is 294 g/mol. The molecule has 110 valence electrons. The SMILES string of the molecule is Bc1cccc(NC(=O)C2(c3ccc4c(c3)OCO4)CC2)n1. The van der Waals surface area contributed by atoms with Gasteiger partial charge in [0.05, 0.1) is 5.41 Å². The van der Waals surface area contributed by atoms with Gasteiger partial charge in [-0.1, -0.05) is 18.2 Å². The highest BCUT2D eigenvalue weighted by molar-refractivity contribution is 6.30. The van der Waals surface area contributed by atoms with E-state index in [0.29, 0.717) is 11.6 Å². The topological polar surface area (TPSA) is 60.5 Å². The highest BCUT2D eigenvalue weighted by Gasteiger charge is 2.51. The Hall–Kier alpha value is -2.50. The van der Waals surface area contributed by atoms with Crippen molar-refractivity contribution in [2.24, 2.45) is 0 Å². The number of ether oxygens (including phenoxy) is 2. The molecule has 1 amide bonds. The first-order valence-electron chi connectivity index (χ1n) is 7.33. The fourth-order valence-corrected chi connectivity index (χ4v) is 2.81. The number of nitrogens with zero attached hydrogens (tertiary/aromatic N) is 1. The van der Waals surface area contributed by atoms with Crippen molar-refractivity contribution in [1.29, 1.82) is 0 Å². The van der Waals surface area contributed by atoms with Crippen LogP contribution in [-0.4, -0.2) is 25.5 Å². The van der Waals surface area contributed by atoms with Crippen molar-refractivity contribution < 1.29 is 14.3 Å². The van der Waals surface area contributed by atoms with Gasteiger partial charge in [-0.25, -0.2) is 4.98 Å². The quantitative estimate of drug-likeness (QED) is 0.848. The molecule has 0 radical (unpaired) electrons. The molecular weight excluding hydrogens is 279 g/mol. The van der Waals surface area contributed by atoms with Crippen molar-refractivity contribution >= 4 is 25.2 Å². The second-order valence-corrected chi connectivity index (χ2v) is 5.77. The van der Waals surface area contributed by atoms with Crippen LogP contribution in [0.4, 0.5) is 5.82 Å². The van der Waals surface area contributed by atoms with Crippen LogP contribution in [0.15, 0.2) is 36.4 Å². The van der Waals surface area contributed by atoms with Crippen molar-refractivity contribution in [2.45, 2.75) is 18.3 Å². The third kappa shape index (κ3) is 2.11. The largest absolute Gasteiger partial charge is 0.454 e. The third-order valence-corrected chi connectivity index (χ3v) is 4.24. The molecule has 0 atom stereocenters. The molecule has 0 spiro atoms. The van der Waals surface area contributed by atoms with Gasteiger partial charge in [0.2, 0.25) is 12.7 Å². The Morgan fingerprint density at radius 1 is 1.18 bits per heavy atom. The zero-order chi connectivity index (χ0) is 15.2. The van der Waals surface area contributed by atoms with Gasteiger partial charge in [0.15, 0.2) is 19.3 Å². The van der Waals surface area contributed by atoms with Gasteiger partial charge in [-0.2, -0.15) is 0 Å². The van der Waals surface area contributed by atoms with Crippen molar-refractivity contribution in [3.8, 4) is 11.5 Å². The van der Waals surface area contributed by atoms with Gasteiger partial charge >= 0.3 is 0 Å². The Labute approximate surface area is 129 Å². The molecule has 2 aliphatic rings. The lowest BCUT2D eigenvalue weighted by atomic mass is 9.94. The van der Waals surface area contributed by atoms with Crippen LogP contribution in [0.1, 0.15) is 18.4 Å². The van der Waals surface area contributed by atoms with E-state index in [1.54, 1.807) is 6.07 Å². The van der Waals surface area contributed by atoms with E-state index in [1.807, 2.05) is 38.2 Å². The number of hydrogen-bond donors (Lipinski definition) is 1.